The van der Waals surface area contributed by atoms with Gasteiger partial charge in [-0.25, -0.2) is 0 Å². The molecule has 0 bridgehead atoms. The fourth-order valence-electron chi connectivity index (χ4n) is 4.60. The highest BCUT2D eigenvalue weighted by Gasteiger charge is 2.56. The molecule has 0 saturated carbocycles. The second kappa shape index (κ2) is 3.46. The van der Waals surface area contributed by atoms with Gasteiger partial charge < -0.3 is 0 Å². The number of hydrogen-bond donors (Lipinski definition) is 0. The quantitative estimate of drug-likeness (QED) is 0.525. The summed E-state index contributed by atoms with van der Waals surface area (Å²) in [7, 11) is 0. The summed E-state index contributed by atoms with van der Waals surface area (Å²) in [6, 6.07) is 20.2. The van der Waals surface area contributed by atoms with Crippen molar-refractivity contribution < 1.29 is 0 Å². The van der Waals surface area contributed by atoms with Gasteiger partial charge in [0.15, 0.2) is 0 Å². The molecule has 0 fully saturated rings. The molecule has 0 saturated heterocycles. The Morgan fingerprint density at radius 3 is 2.10 bits per heavy atom. The van der Waals surface area contributed by atoms with Gasteiger partial charge in [0.05, 0.1) is 5.41 Å². The highest BCUT2D eigenvalue weighted by atomic mass is 14.6. The summed E-state index contributed by atoms with van der Waals surface area (Å²) in [4.78, 5) is 0. The largest absolute Gasteiger partial charge is 0.0822 e. The number of allylic oxidation sites excluding steroid dienone is 2. The van der Waals surface area contributed by atoms with Crippen molar-refractivity contribution >= 4 is 16.3 Å². The molecule has 3 aromatic carbocycles. The lowest BCUT2D eigenvalue weighted by Gasteiger charge is -2.54. The third-order valence-corrected chi connectivity index (χ3v) is 5.35. The average Bonchev–Trinajstić information content (AvgIpc) is 2.48. The van der Waals surface area contributed by atoms with E-state index in [0.29, 0.717) is 0 Å². The van der Waals surface area contributed by atoms with Crippen LogP contribution in [0.1, 0.15) is 34.7 Å². The van der Waals surface area contributed by atoms with Gasteiger partial charge in [-0.15, -0.1) is 0 Å². The van der Waals surface area contributed by atoms with Gasteiger partial charge in [0.2, 0.25) is 0 Å². The number of aryl methyl sites for hydroxylation is 1. The van der Waals surface area contributed by atoms with E-state index in [-0.39, 0.29) is 5.41 Å². The minimum absolute atomic E-state index is 0.0478. The molecule has 0 heterocycles. The fourth-order valence-corrected chi connectivity index (χ4v) is 4.60. The predicted molar refractivity (Wildman–Crippen MR) is 88.7 cm³/mol. The van der Waals surface area contributed by atoms with Crippen LogP contribution < -0.4 is 0 Å². The molecule has 0 aliphatic heterocycles. The molecule has 0 unspecified atom stereocenters. The van der Waals surface area contributed by atoms with E-state index < -0.39 is 0 Å². The molecule has 0 radical (unpaired) electrons. The van der Waals surface area contributed by atoms with E-state index in [2.05, 4.69) is 74.5 Å². The van der Waals surface area contributed by atoms with Crippen LogP contribution in [0.4, 0.5) is 0 Å². The summed E-state index contributed by atoms with van der Waals surface area (Å²) < 4.78 is 0. The molecular formula is C21H16. The Hall–Kier alpha value is -2.34. The number of hydrogen-bond acceptors (Lipinski definition) is 0. The van der Waals surface area contributed by atoms with Gasteiger partial charge in [-0.1, -0.05) is 60.7 Å². The Morgan fingerprint density at radius 2 is 1.43 bits per heavy atom. The first kappa shape index (κ1) is 11.3. The van der Waals surface area contributed by atoms with Crippen LogP contribution in [-0.4, -0.2) is 0 Å². The van der Waals surface area contributed by atoms with Crippen molar-refractivity contribution in [1.82, 2.24) is 0 Å². The van der Waals surface area contributed by atoms with E-state index in [4.69, 9.17) is 0 Å². The molecule has 0 amide bonds. The Kier molecular flexibility index (Phi) is 1.87. The van der Waals surface area contributed by atoms with Gasteiger partial charge in [0, 0.05) is 0 Å². The zero-order chi connectivity index (χ0) is 14.2. The highest BCUT2D eigenvalue weighted by Crippen LogP contribution is 2.66. The molecule has 0 nitrogen and oxygen atoms in total. The maximum absolute atomic E-state index is 2.31. The van der Waals surface area contributed by atoms with Crippen LogP contribution in [0, 0.1) is 6.92 Å². The standard InChI is InChI=1S/C21H16/c1-3-15-19-13(2)7-4-10-16(19)21(15)17-11-5-8-14-9-6-12-18(21)20(14)17/h3-12H,1-2H3/b15-3+. The van der Waals surface area contributed by atoms with E-state index in [1.54, 1.807) is 0 Å². The first-order chi connectivity index (χ1) is 10.3. The minimum atomic E-state index is 0.0478. The SMILES string of the molecule is C/C=C1\c2c(C)cccc2C12c1cccc3cccc2c13. The van der Waals surface area contributed by atoms with Crippen LogP contribution in [-0.2, 0) is 5.41 Å². The summed E-state index contributed by atoms with van der Waals surface area (Å²) >= 11 is 0. The number of fused-ring (bicyclic) bond motifs is 4. The zero-order valence-electron chi connectivity index (χ0n) is 12.3. The number of rotatable bonds is 0. The molecule has 21 heavy (non-hydrogen) atoms. The van der Waals surface area contributed by atoms with Crippen LogP contribution in [0.5, 0.6) is 0 Å². The zero-order valence-corrected chi connectivity index (χ0v) is 12.3. The van der Waals surface area contributed by atoms with Gasteiger partial charge in [-0.05, 0) is 58.0 Å². The van der Waals surface area contributed by atoms with Crippen LogP contribution >= 0.6 is 0 Å². The van der Waals surface area contributed by atoms with Crippen molar-refractivity contribution in [3.8, 4) is 0 Å². The molecule has 0 N–H and O–H groups in total. The van der Waals surface area contributed by atoms with Crippen molar-refractivity contribution in [1.29, 1.82) is 0 Å². The molecule has 0 aromatic heterocycles. The smallest absolute Gasteiger partial charge is 0.0722 e. The number of benzene rings is 3. The average molecular weight is 268 g/mol. The molecular weight excluding hydrogens is 252 g/mol. The van der Waals surface area contributed by atoms with Gasteiger partial charge in [-0.3, -0.25) is 0 Å². The Morgan fingerprint density at radius 1 is 0.810 bits per heavy atom. The minimum Gasteiger partial charge on any atom is -0.0822 e. The molecule has 3 aromatic rings. The lowest BCUT2D eigenvalue weighted by atomic mass is 9.46. The first-order valence-electron chi connectivity index (χ1n) is 7.60. The van der Waals surface area contributed by atoms with Crippen LogP contribution in [0.3, 0.4) is 0 Å². The van der Waals surface area contributed by atoms with Gasteiger partial charge in [0.25, 0.3) is 0 Å². The summed E-state index contributed by atoms with van der Waals surface area (Å²) in [6.07, 6.45) is 2.31. The fraction of sp³-hybridized carbons (Fsp3) is 0.143. The highest BCUT2D eigenvalue weighted by molar-refractivity contribution is 6.11. The lowest BCUT2D eigenvalue weighted by Crippen LogP contribution is -2.45. The molecule has 100 valence electrons. The predicted octanol–water partition coefficient (Wildman–Crippen LogP) is 5.21. The molecule has 2 aliphatic rings. The molecule has 0 heteroatoms. The summed E-state index contributed by atoms with van der Waals surface area (Å²) in [5, 5.41) is 2.83. The van der Waals surface area contributed by atoms with Crippen LogP contribution in [0.15, 0.2) is 60.7 Å². The summed E-state index contributed by atoms with van der Waals surface area (Å²) in [5.74, 6) is 0. The first-order valence-corrected chi connectivity index (χ1v) is 7.60. The van der Waals surface area contributed by atoms with E-state index in [1.807, 2.05) is 0 Å². The van der Waals surface area contributed by atoms with Gasteiger partial charge in [-0.2, -0.15) is 0 Å². The second-order valence-electron chi connectivity index (χ2n) is 6.16. The Bertz CT molecular complexity index is 918. The molecule has 0 atom stereocenters. The topological polar surface area (TPSA) is 0 Å². The van der Waals surface area contributed by atoms with Crippen molar-refractivity contribution in [2.75, 3.05) is 0 Å². The van der Waals surface area contributed by atoms with E-state index >= 15 is 0 Å². The van der Waals surface area contributed by atoms with Crippen LogP contribution in [0.2, 0.25) is 0 Å². The summed E-state index contributed by atoms with van der Waals surface area (Å²) in [6.45, 7) is 4.40. The lowest BCUT2D eigenvalue weighted by molar-refractivity contribution is 0.721. The third-order valence-electron chi connectivity index (χ3n) is 5.35. The van der Waals surface area contributed by atoms with Crippen LogP contribution in [0.25, 0.3) is 16.3 Å². The van der Waals surface area contributed by atoms with Crippen molar-refractivity contribution in [3.63, 3.8) is 0 Å². The molecule has 2 aliphatic carbocycles. The third kappa shape index (κ3) is 1.00. The monoisotopic (exact) mass is 268 g/mol. The normalized spacial score (nSPS) is 18.5. The van der Waals surface area contributed by atoms with Crippen molar-refractivity contribution in [3.05, 3.63) is 88.5 Å². The van der Waals surface area contributed by atoms with Crippen molar-refractivity contribution in [2.45, 2.75) is 19.3 Å². The Balaban J connectivity index is 1.94. The molecule has 5 rings (SSSR count). The van der Waals surface area contributed by atoms with E-state index in [9.17, 15) is 0 Å². The van der Waals surface area contributed by atoms with Crippen molar-refractivity contribution in [2.24, 2.45) is 0 Å². The van der Waals surface area contributed by atoms with E-state index in [0.717, 1.165) is 0 Å². The van der Waals surface area contributed by atoms with Gasteiger partial charge >= 0.3 is 0 Å². The maximum Gasteiger partial charge on any atom is 0.0722 e. The maximum atomic E-state index is 2.31. The van der Waals surface area contributed by atoms with Gasteiger partial charge in [0.1, 0.15) is 0 Å². The summed E-state index contributed by atoms with van der Waals surface area (Å²) in [5.41, 5.74) is 8.85. The Labute approximate surface area is 124 Å². The molecule has 1 spiro atoms. The second-order valence-corrected chi connectivity index (χ2v) is 6.16. The van der Waals surface area contributed by atoms with E-state index in [1.165, 1.54) is 44.2 Å².